The van der Waals surface area contributed by atoms with Gasteiger partial charge in [-0.3, -0.25) is 4.79 Å². The Balaban J connectivity index is 1.65. The molecule has 1 N–H and O–H groups in total. The fraction of sp³-hybridized carbons (Fsp3) is 0.350. The third kappa shape index (κ3) is 4.74. The molecule has 1 aliphatic rings. The highest BCUT2D eigenvalue weighted by molar-refractivity contribution is 6.30. The van der Waals surface area contributed by atoms with E-state index in [0.717, 1.165) is 25.0 Å². The van der Waals surface area contributed by atoms with Crippen LogP contribution in [0.4, 0.5) is 0 Å². The first-order chi connectivity index (χ1) is 12.1. The Morgan fingerprint density at radius 3 is 2.76 bits per heavy atom. The highest BCUT2D eigenvalue weighted by Crippen LogP contribution is 2.21. The van der Waals surface area contributed by atoms with Crippen molar-refractivity contribution in [1.29, 1.82) is 0 Å². The molecule has 1 aliphatic heterocycles. The van der Waals surface area contributed by atoms with Crippen molar-refractivity contribution in [3.63, 3.8) is 0 Å². The van der Waals surface area contributed by atoms with Gasteiger partial charge in [0.2, 0.25) is 0 Å². The lowest BCUT2D eigenvalue weighted by atomic mass is 10.1. The Morgan fingerprint density at radius 1 is 1.28 bits per heavy atom. The molecule has 2 aromatic carbocycles. The minimum Gasteiger partial charge on any atom is -0.488 e. The van der Waals surface area contributed by atoms with Crippen LogP contribution in [0.2, 0.25) is 5.02 Å². The lowest BCUT2D eigenvalue weighted by Gasteiger charge is -2.20. The molecule has 1 heterocycles. The number of hydrogen-bond acceptors (Lipinski definition) is 3. The van der Waals surface area contributed by atoms with Gasteiger partial charge in [-0.1, -0.05) is 35.9 Å². The number of rotatable bonds is 6. The fourth-order valence-corrected chi connectivity index (χ4v) is 3.02. The Bertz CT molecular complexity index is 711. The molecule has 4 nitrogen and oxygen atoms in total. The van der Waals surface area contributed by atoms with Gasteiger partial charge in [0.25, 0.3) is 5.91 Å². The van der Waals surface area contributed by atoms with E-state index in [9.17, 15) is 4.79 Å². The zero-order chi connectivity index (χ0) is 17.6. The van der Waals surface area contributed by atoms with E-state index >= 15 is 0 Å². The van der Waals surface area contributed by atoms with Crippen molar-refractivity contribution in [3.8, 4) is 5.75 Å². The summed E-state index contributed by atoms with van der Waals surface area (Å²) in [6, 6.07) is 14.7. The standard InChI is InChI=1S/C20H22ClNO3/c1-14(18-7-4-12-24-18)22-20(23)17-5-2-3-6-19(17)25-13-15-8-10-16(21)11-9-15/h2-3,5-6,8-11,14,18H,4,7,12-13H2,1H3,(H,22,23). The zero-order valence-electron chi connectivity index (χ0n) is 14.2. The van der Waals surface area contributed by atoms with Crippen molar-refractivity contribution in [2.24, 2.45) is 0 Å². The molecule has 0 aromatic heterocycles. The fourth-order valence-electron chi connectivity index (χ4n) is 2.90. The summed E-state index contributed by atoms with van der Waals surface area (Å²) in [6.07, 6.45) is 2.12. The molecule has 5 heteroatoms. The molecule has 1 fully saturated rings. The van der Waals surface area contributed by atoms with Gasteiger partial charge in [0.15, 0.2) is 0 Å². The molecule has 1 saturated heterocycles. The largest absolute Gasteiger partial charge is 0.488 e. The van der Waals surface area contributed by atoms with E-state index in [0.29, 0.717) is 22.9 Å². The van der Waals surface area contributed by atoms with Crippen LogP contribution in [0.5, 0.6) is 5.75 Å². The number of para-hydroxylation sites is 1. The van der Waals surface area contributed by atoms with Crippen molar-refractivity contribution in [2.75, 3.05) is 6.61 Å². The van der Waals surface area contributed by atoms with Crippen LogP contribution < -0.4 is 10.1 Å². The maximum atomic E-state index is 12.6. The summed E-state index contributed by atoms with van der Waals surface area (Å²) in [4.78, 5) is 12.6. The van der Waals surface area contributed by atoms with Crippen LogP contribution >= 0.6 is 11.6 Å². The normalized spacial score (nSPS) is 17.9. The van der Waals surface area contributed by atoms with Crippen LogP contribution in [0, 0.1) is 0 Å². The first-order valence-corrected chi connectivity index (χ1v) is 8.90. The third-order valence-electron chi connectivity index (χ3n) is 4.32. The quantitative estimate of drug-likeness (QED) is 0.840. The number of ether oxygens (including phenoxy) is 2. The van der Waals surface area contributed by atoms with Gasteiger partial charge in [-0.15, -0.1) is 0 Å². The first-order valence-electron chi connectivity index (χ1n) is 8.52. The van der Waals surface area contributed by atoms with Gasteiger partial charge in [-0.2, -0.15) is 0 Å². The van der Waals surface area contributed by atoms with Crippen molar-refractivity contribution in [1.82, 2.24) is 5.32 Å². The second kappa shape index (κ2) is 8.37. The van der Waals surface area contributed by atoms with E-state index in [1.807, 2.05) is 49.4 Å². The zero-order valence-corrected chi connectivity index (χ0v) is 15.0. The third-order valence-corrected chi connectivity index (χ3v) is 4.57. The molecule has 2 aromatic rings. The predicted octanol–water partition coefficient (Wildman–Crippen LogP) is 4.22. The molecule has 2 unspecified atom stereocenters. The number of amides is 1. The van der Waals surface area contributed by atoms with Gasteiger partial charge in [-0.25, -0.2) is 0 Å². The van der Waals surface area contributed by atoms with Crippen LogP contribution in [0.3, 0.4) is 0 Å². The molecule has 0 saturated carbocycles. The van der Waals surface area contributed by atoms with Crippen LogP contribution in [0.1, 0.15) is 35.7 Å². The number of carbonyl (C=O) groups excluding carboxylic acids is 1. The Morgan fingerprint density at radius 2 is 2.04 bits per heavy atom. The van der Waals surface area contributed by atoms with Gasteiger partial charge < -0.3 is 14.8 Å². The van der Waals surface area contributed by atoms with E-state index in [4.69, 9.17) is 21.1 Å². The van der Waals surface area contributed by atoms with E-state index in [2.05, 4.69) is 5.32 Å². The summed E-state index contributed by atoms with van der Waals surface area (Å²) in [5, 5.41) is 3.71. The Kier molecular flexibility index (Phi) is 5.95. The topological polar surface area (TPSA) is 47.6 Å². The molecular weight excluding hydrogens is 338 g/mol. The Hall–Kier alpha value is -2.04. The summed E-state index contributed by atoms with van der Waals surface area (Å²) in [5.74, 6) is 0.421. The second-order valence-electron chi connectivity index (χ2n) is 6.22. The van der Waals surface area contributed by atoms with Crippen molar-refractivity contribution in [2.45, 2.75) is 38.5 Å². The molecule has 0 bridgehead atoms. The van der Waals surface area contributed by atoms with E-state index in [1.54, 1.807) is 6.07 Å². The SMILES string of the molecule is CC(NC(=O)c1ccccc1OCc1ccc(Cl)cc1)C1CCCO1. The highest BCUT2D eigenvalue weighted by Gasteiger charge is 2.24. The van der Waals surface area contributed by atoms with Gasteiger partial charge in [-0.05, 0) is 49.6 Å². The first kappa shape index (κ1) is 17.8. The van der Waals surface area contributed by atoms with Crippen molar-refractivity contribution < 1.29 is 14.3 Å². The minimum atomic E-state index is -0.144. The lowest BCUT2D eigenvalue weighted by molar-refractivity contribution is 0.0710. The van der Waals surface area contributed by atoms with Gasteiger partial charge >= 0.3 is 0 Å². The maximum absolute atomic E-state index is 12.6. The van der Waals surface area contributed by atoms with Gasteiger partial charge in [0.05, 0.1) is 17.7 Å². The number of benzene rings is 2. The maximum Gasteiger partial charge on any atom is 0.255 e. The smallest absolute Gasteiger partial charge is 0.255 e. The summed E-state index contributed by atoms with van der Waals surface area (Å²) in [6.45, 7) is 3.12. The number of halogens is 1. The molecule has 2 atom stereocenters. The second-order valence-corrected chi connectivity index (χ2v) is 6.66. The van der Waals surface area contributed by atoms with Crippen LogP contribution in [0.15, 0.2) is 48.5 Å². The van der Waals surface area contributed by atoms with E-state index < -0.39 is 0 Å². The molecule has 1 amide bonds. The average molecular weight is 360 g/mol. The van der Waals surface area contributed by atoms with Crippen molar-refractivity contribution >= 4 is 17.5 Å². The summed E-state index contributed by atoms with van der Waals surface area (Å²) >= 11 is 5.89. The number of carbonyl (C=O) groups is 1. The summed E-state index contributed by atoms with van der Waals surface area (Å²) < 4.78 is 11.5. The van der Waals surface area contributed by atoms with Crippen LogP contribution in [-0.4, -0.2) is 24.7 Å². The molecule has 0 radical (unpaired) electrons. The molecule has 3 rings (SSSR count). The summed E-state index contributed by atoms with van der Waals surface area (Å²) in [5.41, 5.74) is 1.52. The van der Waals surface area contributed by atoms with Crippen LogP contribution in [-0.2, 0) is 11.3 Å². The Labute approximate surface area is 153 Å². The van der Waals surface area contributed by atoms with Crippen LogP contribution in [0.25, 0.3) is 0 Å². The molecular formula is C20H22ClNO3. The predicted molar refractivity (Wildman–Crippen MR) is 98.1 cm³/mol. The highest BCUT2D eigenvalue weighted by atomic mass is 35.5. The monoisotopic (exact) mass is 359 g/mol. The molecule has 25 heavy (non-hydrogen) atoms. The average Bonchev–Trinajstić information content (AvgIpc) is 3.16. The van der Waals surface area contributed by atoms with E-state index in [-0.39, 0.29) is 18.1 Å². The number of hydrogen-bond donors (Lipinski definition) is 1. The molecule has 0 spiro atoms. The van der Waals surface area contributed by atoms with Gasteiger partial charge in [0, 0.05) is 11.6 Å². The summed E-state index contributed by atoms with van der Waals surface area (Å²) in [7, 11) is 0. The lowest BCUT2D eigenvalue weighted by Crippen LogP contribution is -2.40. The minimum absolute atomic E-state index is 0.0284. The van der Waals surface area contributed by atoms with E-state index in [1.165, 1.54) is 0 Å². The number of nitrogens with one attached hydrogen (secondary N) is 1. The van der Waals surface area contributed by atoms with Gasteiger partial charge in [0.1, 0.15) is 12.4 Å². The molecule has 0 aliphatic carbocycles. The molecule has 132 valence electrons. The van der Waals surface area contributed by atoms with Crippen molar-refractivity contribution in [3.05, 3.63) is 64.7 Å².